The minimum atomic E-state index is 1.21. The Labute approximate surface area is 385 Å². The van der Waals surface area contributed by atoms with Gasteiger partial charge in [0.05, 0.1) is 0 Å². The lowest BCUT2D eigenvalue weighted by Crippen LogP contribution is -2.04. The Morgan fingerprint density at radius 3 is 1.03 bits per heavy atom. The fourth-order valence-corrected chi connectivity index (χ4v) is 11.6. The molecule has 0 unspecified atom stereocenters. The number of fused-ring (bicyclic) bond motifs is 9. The van der Waals surface area contributed by atoms with Crippen molar-refractivity contribution in [3.8, 4) is 22.3 Å². The fourth-order valence-electron chi connectivity index (χ4n) is 11.6. The summed E-state index contributed by atoms with van der Waals surface area (Å²) in [6.45, 7) is 4.79. The van der Waals surface area contributed by atoms with Gasteiger partial charge >= 0.3 is 0 Å². The van der Waals surface area contributed by atoms with E-state index in [1.165, 1.54) is 143 Å². The summed E-state index contributed by atoms with van der Waals surface area (Å²) in [6, 6.07) is 85.5. The van der Waals surface area contributed by atoms with E-state index in [2.05, 4.69) is 244 Å². The summed E-state index contributed by atoms with van der Waals surface area (Å²) in [4.78, 5) is 0. The zero-order chi connectivity index (χ0) is 43.9. The topological polar surface area (TPSA) is 0 Å². The molecule has 0 radical (unpaired) electrons. The lowest BCUT2D eigenvalue weighted by Gasteiger charge is -2.25. The fraction of sp³-hybridized carbons (Fsp3) is 0.0303. The molecule has 11 aromatic carbocycles. The van der Waals surface area contributed by atoms with Gasteiger partial charge < -0.3 is 0 Å². The van der Waals surface area contributed by atoms with Crippen LogP contribution >= 0.6 is 0 Å². The van der Waals surface area contributed by atoms with Crippen molar-refractivity contribution in [3.63, 3.8) is 0 Å². The number of hydrogen-bond acceptors (Lipinski definition) is 0. The molecule has 0 amide bonds. The highest BCUT2D eigenvalue weighted by Gasteiger charge is 2.43. The molecular weight excluding hydrogens is 793 g/mol. The van der Waals surface area contributed by atoms with Crippen LogP contribution in [0.4, 0.5) is 0 Å². The van der Waals surface area contributed by atoms with Gasteiger partial charge in [0.15, 0.2) is 0 Å². The molecule has 0 aliphatic heterocycles. The van der Waals surface area contributed by atoms with Gasteiger partial charge in [-0.3, -0.25) is 0 Å². The number of benzene rings is 11. The quantitative estimate of drug-likeness (QED) is 0.146. The molecule has 0 nitrogen and oxygen atoms in total. The SMILES string of the molecule is Cc1c2c(c(C)c(-c3ccccc3)c1-c1ccccc1)C(c1cccc3c1ccc1ccccc13)=C1C(c3ccccc3)=C(c3ccccc3)C(c3cccc4c3ccc3ccccc34)=C12. The van der Waals surface area contributed by atoms with Gasteiger partial charge in [-0.25, -0.2) is 0 Å². The minimum absolute atomic E-state index is 1.21. The van der Waals surface area contributed by atoms with Crippen molar-refractivity contribution in [2.24, 2.45) is 0 Å². The number of rotatable bonds is 6. The average molecular weight is 837 g/mol. The third-order valence-electron chi connectivity index (χ3n) is 14.4. The van der Waals surface area contributed by atoms with Crippen LogP contribution in [0.3, 0.4) is 0 Å². The molecule has 0 saturated carbocycles. The lowest BCUT2D eigenvalue weighted by molar-refractivity contribution is 1.34. The molecule has 0 spiro atoms. The average Bonchev–Trinajstić information content (AvgIpc) is 3.91. The normalized spacial score (nSPS) is 13.4. The van der Waals surface area contributed by atoms with E-state index in [4.69, 9.17) is 0 Å². The molecule has 0 fully saturated rings. The van der Waals surface area contributed by atoms with Crippen LogP contribution in [0.5, 0.6) is 0 Å². The molecule has 0 N–H and O–H groups in total. The van der Waals surface area contributed by atoms with E-state index >= 15 is 0 Å². The number of allylic oxidation sites excluding steroid dienone is 5. The molecule has 2 aliphatic rings. The molecule has 11 aromatic rings. The van der Waals surface area contributed by atoms with E-state index in [1.54, 1.807) is 0 Å². The summed E-state index contributed by atoms with van der Waals surface area (Å²) in [5, 5.41) is 10.1. The van der Waals surface area contributed by atoms with Crippen molar-refractivity contribution in [1.82, 2.24) is 0 Å². The second kappa shape index (κ2) is 15.2. The standard InChI is InChI=1S/C66H44/c1-41-57(45-23-7-3-8-24-45)58(46-25-9-4-10-26-46)42(2)60-59(41)63(55-35-19-33-51-49-31-17-15-21-43(49)37-39-53(51)55)66-62(48-29-13-6-14-30-48)61(47-27-11-5-12-28-47)64(65(60)66)56-36-20-34-52-50-32-18-16-22-44(50)38-40-54(52)56/h3-40H,1-2H3. The summed E-state index contributed by atoms with van der Waals surface area (Å²) in [5.41, 5.74) is 22.9. The molecule has 0 aromatic heterocycles. The second-order valence-corrected chi connectivity index (χ2v) is 17.8. The predicted octanol–water partition coefficient (Wildman–Crippen LogP) is 17.6. The van der Waals surface area contributed by atoms with Crippen molar-refractivity contribution in [2.75, 3.05) is 0 Å². The van der Waals surface area contributed by atoms with E-state index in [-0.39, 0.29) is 0 Å². The molecule has 2 aliphatic carbocycles. The van der Waals surface area contributed by atoms with Crippen LogP contribution in [0.15, 0.2) is 236 Å². The third kappa shape index (κ3) is 5.65. The van der Waals surface area contributed by atoms with Crippen LogP contribution < -0.4 is 0 Å². The molecule has 0 heteroatoms. The lowest BCUT2D eigenvalue weighted by atomic mass is 9.78. The highest BCUT2D eigenvalue weighted by atomic mass is 14.5. The van der Waals surface area contributed by atoms with E-state index in [0.29, 0.717) is 0 Å². The van der Waals surface area contributed by atoms with Gasteiger partial charge in [0.25, 0.3) is 0 Å². The summed E-state index contributed by atoms with van der Waals surface area (Å²) < 4.78 is 0. The van der Waals surface area contributed by atoms with Gasteiger partial charge in [-0.2, -0.15) is 0 Å². The van der Waals surface area contributed by atoms with E-state index < -0.39 is 0 Å². The zero-order valence-electron chi connectivity index (χ0n) is 36.9. The second-order valence-electron chi connectivity index (χ2n) is 17.8. The van der Waals surface area contributed by atoms with Crippen LogP contribution in [0.2, 0.25) is 0 Å². The van der Waals surface area contributed by atoms with Crippen LogP contribution in [0, 0.1) is 13.8 Å². The van der Waals surface area contributed by atoms with Gasteiger partial charge in [0, 0.05) is 0 Å². The third-order valence-corrected chi connectivity index (χ3v) is 14.4. The first kappa shape index (κ1) is 38.2. The van der Waals surface area contributed by atoms with Gasteiger partial charge in [-0.1, -0.05) is 231 Å². The van der Waals surface area contributed by atoms with Crippen molar-refractivity contribution >= 4 is 71.0 Å². The molecule has 13 rings (SSSR count). The molecule has 0 saturated heterocycles. The van der Waals surface area contributed by atoms with E-state index in [9.17, 15) is 0 Å². The Bertz CT molecular complexity index is 3880. The molecular formula is C66H44. The van der Waals surface area contributed by atoms with Crippen LogP contribution in [0.25, 0.3) is 93.2 Å². The van der Waals surface area contributed by atoms with Crippen molar-refractivity contribution < 1.29 is 0 Å². The maximum Gasteiger partial charge on any atom is -0.0000944 e. The highest BCUT2D eigenvalue weighted by molar-refractivity contribution is 6.41. The van der Waals surface area contributed by atoms with Crippen molar-refractivity contribution in [3.05, 3.63) is 281 Å². The van der Waals surface area contributed by atoms with E-state index in [1.807, 2.05) is 0 Å². The minimum Gasteiger partial charge on any atom is -0.0622 e. The molecule has 0 bridgehead atoms. The molecule has 0 heterocycles. The first-order valence-electron chi connectivity index (χ1n) is 23.1. The number of hydrogen-bond donors (Lipinski definition) is 0. The first-order chi connectivity index (χ1) is 32.7. The first-order valence-corrected chi connectivity index (χ1v) is 23.1. The van der Waals surface area contributed by atoms with Crippen LogP contribution in [-0.2, 0) is 0 Å². The monoisotopic (exact) mass is 836 g/mol. The molecule has 0 atom stereocenters. The maximum absolute atomic E-state index is 2.40. The highest BCUT2D eigenvalue weighted by Crippen LogP contribution is 2.65. The van der Waals surface area contributed by atoms with Crippen molar-refractivity contribution in [2.45, 2.75) is 13.8 Å². The van der Waals surface area contributed by atoms with E-state index in [0.717, 1.165) is 0 Å². The summed E-state index contributed by atoms with van der Waals surface area (Å²) in [7, 11) is 0. The maximum atomic E-state index is 2.40. The van der Waals surface area contributed by atoms with Crippen molar-refractivity contribution in [1.29, 1.82) is 0 Å². The Morgan fingerprint density at radius 1 is 0.197 bits per heavy atom. The van der Waals surface area contributed by atoms with Gasteiger partial charge in [0.2, 0.25) is 0 Å². The summed E-state index contributed by atoms with van der Waals surface area (Å²) in [6.07, 6.45) is 0. The summed E-state index contributed by atoms with van der Waals surface area (Å²) >= 11 is 0. The van der Waals surface area contributed by atoms with Crippen LogP contribution in [0.1, 0.15) is 44.5 Å². The Morgan fingerprint density at radius 2 is 0.561 bits per heavy atom. The Hall–Kier alpha value is -8.32. The largest absolute Gasteiger partial charge is 0.0622 e. The Balaban J connectivity index is 1.29. The smallest absolute Gasteiger partial charge is 0.0000944 e. The van der Waals surface area contributed by atoms with Crippen LogP contribution in [-0.4, -0.2) is 0 Å². The molecule has 66 heavy (non-hydrogen) atoms. The zero-order valence-corrected chi connectivity index (χ0v) is 36.9. The summed E-state index contributed by atoms with van der Waals surface area (Å²) in [5.74, 6) is 0. The Kier molecular flexibility index (Phi) is 8.76. The van der Waals surface area contributed by atoms with Gasteiger partial charge in [0.1, 0.15) is 0 Å². The van der Waals surface area contributed by atoms with Gasteiger partial charge in [-0.15, -0.1) is 0 Å². The molecule has 308 valence electrons. The predicted molar refractivity (Wildman–Crippen MR) is 282 cm³/mol. The van der Waals surface area contributed by atoms with Gasteiger partial charge in [-0.05, 0) is 157 Å².